The van der Waals surface area contributed by atoms with Crippen LogP contribution in [0.5, 0.6) is 0 Å². The van der Waals surface area contributed by atoms with Crippen molar-refractivity contribution in [3.8, 4) is 0 Å². The zero-order valence-electron chi connectivity index (χ0n) is 12.3. The van der Waals surface area contributed by atoms with Gasteiger partial charge < -0.3 is 16.4 Å². The van der Waals surface area contributed by atoms with Crippen LogP contribution in [-0.2, 0) is 11.0 Å². The van der Waals surface area contributed by atoms with E-state index in [0.29, 0.717) is 6.42 Å². The van der Waals surface area contributed by atoms with E-state index in [4.69, 9.17) is 5.73 Å². The predicted octanol–water partition coefficient (Wildman–Crippen LogP) is 1.57. The fraction of sp³-hybridized carbons (Fsp3) is 0.615. The summed E-state index contributed by atoms with van der Waals surface area (Å²) in [5.41, 5.74) is 4.74. The topological polar surface area (TPSA) is 92.9 Å². The standard InChI is InChI=1S/C13H18F3N5O.ClH/c14-13(15,16)10-3-4-19-12(21-10)20-6-5-18-11(22)8-1-2-9(17)7-8;/h3-4,8-9H,1-2,5-7,17H2,(H,18,22)(H,19,20,21);1H. The van der Waals surface area contributed by atoms with Crippen molar-refractivity contribution in [3.63, 3.8) is 0 Å². The van der Waals surface area contributed by atoms with Crippen LogP contribution in [0.25, 0.3) is 0 Å². The normalized spacial score (nSPS) is 20.7. The molecule has 2 atom stereocenters. The molecule has 1 aromatic rings. The van der Waals surface area contributed by atoms with E-state index >= 15 is 0 Å². The van der Waals surface area contributed by atoms with Crippen molar-refractivity contribution in [3.05, 3.63) is 18.0 Å². The maximum absolute atomic E-state index is 12.5. The highest BCUT2D eigenvalue weighted by Gasteiger charge is 2.32. The van der Waals surface area contributed by atoms with E-state index in [0.717, 1.165) is 25.1 Å². The summed E-state index contributed by atoms with van der Waals surface area (Å²) < 4.78 is 37.4. The molecule has 1 aliphatic carbocycles. The van der Waals surface area contributed by atoms with Crippen molar-refractivity contribution in [2.45, 2.75) is 31.5 Å². The van der Waals surface area contributed by atoms with Gasteiger partial charge in [0.1, 0.15) is 5.69 Å². The fourth-order valence-corrected chi connectivity index (χ4v) is 2.36. The molecule has 1 saturated carbocycles. The molecule has 0 saturated heterocycles. The molecule has 0 bridgehead atoms. The van der Waals surface area contributed by atoms with E-state index in [-0.39, 0.29) is 49.3 Å². The SMILES string of the molecule is Cl.NC1CCC(C(=O)NCCNc2nccc(C(F)(F)F)n2)C1. The third kappa shape index (κ3) is 5.83. The molecule has 2 unspecified atom stereocenters. The number of nitrogens with two attached hydrogens (primary N) is 1. The molecule has 6 nitrogen and oxygen atoms in total. The summed E-state index contributed by atoms with van der Waals surface area (Å²) in [4.78, 5) is 18.9. The van der Waals surface area contributed by atoms with Gasteiger partial charge >= 0.3 is 6.18 Å². The average Bonchev–Trinajstić information content (AvgIpc) is 2.89. The number of hydrogen-bond donors (Lipinski definition) is 3. The molecule has 1 aliphatic rings. The average molecular weight is 354 g/mol. The van der Waals surface area contributed by atoms with E-state index in [9.17, 15) is 18.0 Å². The summed E-state index contributed by atoms with van der Waals surface area (Å²) in [6.07, 6.45) is -1.17. The first-order valence-corrected chi connectivity index (χ1v) is 7.03. The Morgan fingerprint density at radius 1 is 1.35 bits per heavy atom. The third-order valence-corrected chi connectivity index (χ3v) is 3.50. The summed E-state index contributed by atoms with van der Waals surface area (Å²) in [5.74, 6) is -0.258. The van der Waals surface area contributed by atoms with Crippen molar-refractivity contribution in [1.29, 1.82) is 0 Å². The number of carbonyl (C=O) groups excluding carboxylic acids is 1. The Hall–Kier alpha value is -1.61. The number of nitrogens with zero attached hydrogens (tertiary/aromatic N) is 2. The number of hydrogen-bond acceptors (Lipinski definition) is 5. The van der Waals surface area contributed by atoms with Crippen molar-refractivity contribution in [1.82, 2.24) is 15.3 Å². The number of amides is 1. The zero-order chi connectivity index (χ0) is 16.2. The van der Waals surface area contributed by atoms with Crippen molar-refractivity contribution >= 4 is 24.3 Å². The first-order chi connectivity index (χ1) is 10.4. The number of nitrogens with one attached hydrogen (secondary N) is 2. The maximum atomic E-state index is 12.5. The lowest BCUT2D eigenvalue weighted by Gasteiger charge is -2.12. The van der Waals surface area contributed by atoms with Gasteiger partial charge in [0, 0.05) is 31.2 Å². The Balaban J connectivity index is 0.00000264. The van der Waals surface area contributed by atoms with Gasteiger partial charge in [0.2, 0.25) is 11.9 Å². The van der Waals surface area contributed by atoms with Crippen LogP contribution in [0, 0.1) is 5.92 Å². The third-order valence-electron chi connectivity index (χ3n) is 3.50. The lowest BCUT2D eigenvalue weighted by molar-refractivity contribution is -0.141. The van der Waals surface area contributed by atoms with Crippen molar-refractivity contribution in [2.24, 2.45) is 11.7 Å². The van der Waals surface area contributed by atoms with E-state index in [1.807, 2.05) is 0 Å². The Bertz CT molecular complexity index is 529. The van der Waals surface area contributed by atoms with Gasteiger partial charge in [-0.2, -0.15) is 13.2 Å². The Morgan fingerprint density at radius 2 is 2.09 bits per heavy atom. The number of halogens is 4. The fourth-order valence-electron chi connectivity index (χ4n) is 2.36. The second kappa shape index (κ2) is 8.30. The summed E-state index contributed by atoms with van der Waals surface area (Å²) in [5, 5.41) is 5.38. The Labute approximate surface area is 137 Å². The molecule has 1 fully saturated rings. The van der Waals surface area contributed by atoms with E-state index in [1.54, 1.807) is 0 Å². The molecular weight excluding hydrogens is 335 g/mol. The number of alkyl halides is 3. The van der Waals surface area contributed by atoms with Crippen LogP contribution in [0.15, 0.2) is 12.3 Å². The van der Waals surface area contributed by atoms with Crippen LogP contribution < -0.4 is 16.4 Å². The molecule has 4 N–H and O–H groups in total. The van der Waals surface area contributed by atoms with Crippen LogP contribution in [-0.4, -0.2) is 35.0 Å². The van der Waals surface area contributed by atoms with Gasteiger partial charge in [0.25, 0.3) is 0 Å². The van der Waals surface area contributed by atoms with Gasteiger partial charge in [0.05, 0.1) is 0 Å². The van der Waals surface area contributed by atoms with Crippen molar-refractivity contribution in [2.75, 3.05) is 18.4 Å². The van der Waals surface area contributed by atoms with Gasteiger partial charge in [-0.3, -0.25) is 4.79 Å². The summed E-state index contributed by atoms with van der Waals surface area (Å²) >= 11 is 0. The Morgan fingerprint density at radius 3 is 2.70 bits per heavy atom. The number of carbonyl (C=O) groups is 1. The minimum absolute atomic E-state index is 0. The zero-order valence-corrected chi connectivity index (χ0v) is 13.1. The lowest BCUT2D eigenvalue weighted by Crippen LogP contribution is -2.34. The first kappa shape index (κ1) is 19.4. The van der Waals surface area contributed by atoms with E-state index in [2.05, 4.69) is 20.6 Å². The van der Waals surface area contributed by atoms with Gasteiger partial charge in [-0.1, -0.05) is 0 Å². The predicted molar refractivity (Wildman–Crippen MR) is 81.1 cm³/mol. The molecule has 10 heteroatoms. The van der Waals surface area contributed by atoms with Crippen LogP contribution in [0.3, 0.4) is 0 Å². The molecule has 1 amide bonds. The number of aromatic nitrogens is 2. The maximum Gasteiger partial charge on any atom is 0.433 e. The largest absolute Gasteiger partial charge is 0.433 e. The Kier molecular flexibility index (Phi) is 7.01. The van der Waals surface area contributed by atoms with E-state index in [1.165, 1.54) is 0 Å². The highest BCUT2D eigenvalue weighted by Crippen LogP contribution is 2.27. The second-order valence-electron chi connectivity index (χ2n) is 5.25. The minimum Gasteiger partial charge on any atom is -0.354 e. The molecule has 130 valence electrons. The van der Waals surface area contributed by atoms with Crippen LogP contribution in [0.1, 0.15) is 25.0 Å². The first-order valence-electron chi connectivity index (χ1n) is 7.03. The molecule has 0 radical (unpaired) electrons. The lowest BCUT2D eigenvalue weighted by atomic mass is 10.1. The summed E-state index contributed by atoms with van der Waals surface area (Å²) in [6, 6.07) is 0.878. The smallest absolute Gasteiger partial charge is 0.354 e. The number of anilines is 1. The van der Waals surface area contributed by atoms with Gasteiger partial charge in [-0.25, -0.2) is 9.97 Å². The highest BCUT2D eigenvalue weighted by atomic mass is 35.5. The summed E-state index contributed by atoms with van der Waals surface area (Å²) in [6.45, 7) is 0.524. The quantitative estimate of drug-likeness (QED) is 0.699. The molecule has 0 spiro atoms. The van der Waals surface area contributed by atoms with Gasteiger partial charge in [-0.15, -0.1) is 12.4 Å². The second-order valence-corrected chi connectivity index (χ2v) is 5.25. The molecule has 0 aromatic carbocycles. The molecule has 0 aliphatic heterocycles. The minimum atomic E-state index is -4.51. The monoisotopic (exact) mass is 353 g/mol. The summed E-state index contributed by atoms with van der Waals surface area (Å²) in [7, 11) is 0. The molecule has 1 aromatic heterocycles. The molecule has 1 heterocycles. The van der Waals surface area contributed by atoms with Crippen LogP contribution in [0.2, 0.25) is 0 Å². The van der Waals surface area contributed by atoms with Crippen LogP contribution >= 0.6 is 12.4 Å². The van der Waals surface area contributed by atoms with Crippen LogP contribution in [0.4, 0.5) is 19.1 Å². The highest BCUT2D eigenvalue weighted by molar-refractivity contribution is 5.85. The van der Waals surface area contributed by atoms with Gasteiger partial charge in [-0.05, 0) is 25.3 Å². The molecule has 2 rings (SSSR count). The van der Waals surface area contributed by atoms with E-state index < -0.39 is 11.9 Å². The molecular formula is C13H19ClF3N5O. The van der Waals surface area contributed by atoms with Gasteiger partial charge in [0.15, 0.2) is 0 Å². The molecule has 23 heavy (non-hydrogen) atoms. The number of rotatable bonds is 5. The van der Waals surface area contributed by atoms with Crippen molar-refractivity contribution < 1.29 is 18.0 Å².